The van der Waals surface area contributed by atoms with Crippen molar-refractivity contribution in [3.05, 3.63) is 81.6 Å². The van der Waals surface area contributed by atoms with E-state index in [1.807, 2.05) is 72.3 Å². The zero-order valence-corrected chi connectivity index (χ0v) is 17.4. The van der Waals surface area contributed by atoms with Crippen molar-refractivity contribution in [3.63, 3.8) is 0 Å². The summed E-state index contributed by atoms with van der Waals surface area (Å²) in [6, 6.07) is 17.6. The number of fused-ring (bicyclic) bond motifs is 3. The van der Waals surface area contributed by atoms with Gasteiger partial charge in [-0.3, -0.25) is 22.9 Å². The zero-order valence-electron chi connectivity index (χ0n) is 17.4. The van der Waals surface area contributed by atoms with Crippen LogP contribution in [0.3, 0.4) is 0 Å². The number of aryl methyl sites for hydroxylation is 1. The lowest BCUT2D eigenvalue weighted by molar-refractivity contribution is 0.339. The van der Waals surface area contributed by atoms with E-state index in [-0.39, 0.29) is 5.56 Å². The molecular weight excluding hydrogens is 394 g/mol. The van der Waals surface area contributed by atoms with E-state index >= 15 is 0 Å². The molecule has 0 aliphatic carbocycles. The normalized spacial score (nSPS) is 11.5. The van der Waals surface area contributed by atoms with Crippen molar-refractivity contribution < 1.29 is 4.74 Å². The Morgan fingerprint density at radius 1 is 0.935 bits per heavy atom. The highest BCUT2D eigenvalue weighted by Crippen LogP contribution is 2.32. The van der Waals surface area contributed by atoms with E-state index in [4.69, 9.17) is 9.72 Å². The van der Waals surface area contributed by atoms with E-state index in [1.165, 1.54) is 11.6 Å². The molecule has 156 valence electrons. The maximum atomic E-state index is 13.0. The smallest absolute Gasteiger partial charge is 0.332 e. The van der Waals surface area contributed by atoms with Crippen LogP contribution in [0.1, 0.15) is 6.92 Å². The highest BCUT2D eigenvalue weighted by molar-refractivity contribution is 5.80. The van der Waals surface area contributed by atoms with Crippen LogP contribution in [-0.2, 0) is 14.1 Å². The first-order valence-electron chi connectivity index (χ1n) is 10.00. The molecule has 0 N–H and O–H groups in total. The third-order valence-corrected chi connectivity index (χ3v) is 5.44. The summed E-state index contributed by atoms with van der Waals surface area (Å²) in [5.74, 6) is 1.23. The van der Waals surface area contributed by atoms with E-state index in [9.17, 15) is 9.59 Å². The number of imidazole rings is 2. The Labute approximate surface area is 177 Å². The highest BCUT2D eigenvalue weighted by Gasteiger charge is 2.22. The van der Waals surface area contributed by atoms with Crippen LogP contribution in [0, 0.1) is 0 Å². The molecule has 0 unspecified atom stereocenters. The molecule has 0 amide bonds. The van der Waals surface area contributed by atoms with Crippen molar-refractivity contribution in [2.45, 2.75) is 6.92 Å². The van der Waals surface area contributed by atoms with Crippen molar-refractivity contribution in [2.75, 3.05) is 6.61 Å². The molecule has 31 heavy (non-hydrogen) atoms. The molecule has 0 radical (unpaired) electrons. The average molecular weight is 415 g/mol. The summed E-state index contributed by atoms with van der Waals surface area (Å²) in [5.41, 5.74) is 2.51. The van der Waals surface area contributed by atoms with Crippen molar-refractivity contribution in [1.29, 1.82) is 0 Å². The number of hydrogen-bond acceptors (Lipinski definition) is 4. The minimum Gasteiger partial charge on any atom is -0.492 e. The monoisotopic (exact) mass is 415 g/mol. The van der Waals surface area contributed by atoms with Gasteiger partial charge in [0.2, 0.25) is 5.78 Å². The van der Waals surface area contributed by atoms with Crippen molar-refractivity contribution in [2.24, 2.45) is 14.1 Å². The van der Waals surface area contributed by atoms with Crippen molar-refractivity contribution in [3.8, 4) is 22.7 Å². The molecule has 0 saturated heterocycles. The van der Waals surface area contributed by atoms with Gasteiger partial charge in [0, 0.05) is 25.9 Å². The number of hydrogen-bond donors (Lipinski definition) is 0. The molecular formula is C23H21N5O3. The molecule has 0 bridgehead atoms. The summed E-state index contributed by atoms with van der Waals surface area (Å²) in [7, 11) is 3.09. The fraction of sp³-hybridized carbons (Fsp3) is 0.174. The molecule has 0 aliphatic rings. The number of aromatic nitrogens is 5. The standard InChI is InChI=1S/C23H21N5O3/c1-4-31-18-13-9-8-12-16(18)28-17(15-10-6-5-7-11-15)14-27-19-20(24-22(27)28)25(2)23(30)26(3)21(19)29/h5-14H,4H2,1-3H3. The van der Waals surface area contributed by atoms with Crippen LogP contribution in [0.2, 0.25) is 0 Å². The predicted octanol–water partition coefficient (Wildman–Crippen LogP) is 2.74. The second kappa shape index (κ2) is 7.02. The number of ether oxygens (including phenoxy) is 1. The largest absolute Gasteiger partial charge is 0.492 e. The van der Waals surface area contributed by atoms with Gasteiger partial charge < -0.3 is 4.74 Å². The molecule has 3 heterocycles. The molecule has 5 aromatic rings. The number of nitrogens with zero attached hydrogens (tertiary/aromatic N) is 5. The lowest BCUT2D eigenvalue weighted by Crippen LogP contribution is -2.37. The van der Waals surface area contributed by atoms with Gasteiger partial charge in [0.05, 0.1) is 18.0 Å². The van der Waals surface area contributed by atoms with E-state index in [0.29, 0.717) is 29.3 Å². The molecule has 8 nitrogen and oxygen atoms in total. The van der Waals surface area contributed by atoms with Crippen molar-refractivity contribution in [1.82, 2.24) is 23.1 Å². The summed E-state index contributed by atoms with van der Waals surface area (Å²) in [5, 5.41) is 0. The van der Waals surface area contributed by atoms with Gasteiger partial charge in [0.25, 0.3) is 5.56 Å². The highest BCUT2D eigenvalue weighted by atomic mass is 16.5. The van der Waals surface area contributed by atoms with Gasteiger partial charge in [-0.1, -0.05) is 42.5 Å². The van der Waals surface area contributed by atoms with Crippen LogP contribution in [0.25, 0.3) is 33.9 Å². The van der Waals surface area contributed by atoms with Crippen molar-refractivity contribution >= 4 is 16.9 Å². The second-order valence-corrected chi connectivity index (χ2v) is 7.28. The molecule has 0 fully saturated rings. The molecule has 0 atom stereocenters. The Balaban J connectivity index is 1.97. The summed E-state index contributed by atoms with van der Waals surface area (Å²) >= 11 is 0. The predicted molar refractivity (Wildman–Crippen MR) is 119 cm³/mol. The van der Waals surface area contributed by atoms with Gasteiger partial charge >= 0.3 is 5.69 Å². The van der Waals surface area contributed by atoms with Crippen LogP contribution < -0.4 is 16.0 Å². The molecule has 0 aliphatic heterocycles. The van der Waals surface area contributed by atoms with Crippen LogP contribution in [0.5, 0.6) is 5.75 Å². The van der Waals surface area contributed by atoms with Gasteiger partial charge in [-0.25, -0.2) is 4.79 Å². The number of benzene rings is 2. The third kappa shape index (κ3) is 2.72. The Morgan fingerprint density at radius 2 is 1.65 bits per heavy atom. The Bertz CT molecular complexity index is 1550. The maximum Gasteiger partial charge on any atom is 0.332 e. The molecule has 8 heteroatoms. The fourth-order valence-corrected chi connectivity index (χ4v) is 3.94. The zero-order chi connectivity index (χ0) is 21.7. The van der Waals surface area contributed by atoms with Crippen LogP contribution >= 0.6 is 0 Å². The Kier molecular flexibility index (Phi) is 4.28. The lowest BCUT2D eigenvalue weighted by atomic mass is 10.1. The summed E-state index contributed by atoms with van der Waals surface area (Å²) in [6.45, 7) is 2.45. The minimum atomic E-state index is -0.414. The van der Waals surface area contributed by atoms with Crippen LogP contribution in [0.4, 0.5) is 0 Å². The van der Waals surface area contributed by atoms with E-state index in [1.54, 1.807) is 11.4 Å². The maximum absolute atomic E-state index is 13.0. The van der Waals surface area contributed by atoms with E-state index in [2.05, 4.69) is 0 Å². The average Bonchev–Trinajstić information content (AvgIpc) is 3.34. The Morgan fingerprint density at radius 3 is 2.39 bits per heavy atom. The summed E-state index contributed by atoms with van der Waals surface area (Å²) < 4.78 is 12.1. The van der Waals surface area contributed by atoms with Gasteiger partial charge in [-0.15, -0.1) is 0 Å². The first kappa shape index (κ1) is 18.9. The molecule has 0 saturated carbocycles. The minimum absolute atomic E-state index is 0.338. The second-order valence-electron chi connectivity index (χ2n) is 7.28. The summed E-state index contributed by atoms with van der Waals surface area (Å²) in [4.78, 5) is 30.1. The first-order chi connectivity index (χ1) is 15.0. The first-order valence-corrected chi connectivity index (χ1v) is 10.00. The fourth-order valence-electron chi connectivity index (χ4n) is 3.94. The molecule has 2 aromatic carbocycles. The topological polar surface area (TPSA) is 75.5 Å². The van der Waals surface area contributed by atoms with Gasteiger partial charge in [0.1, 0.15) is 5.75 Å². The van der Waals surface area contributed by atoms with Gasteiger partial charge in [-0.2, -0.15) is 4.98 Å². The Hall–Kier alpha value is -4.07. The van der Waals surface area contributed by atoms with E-state index < -0.39 is 5.69 Å². The van der Waals surface area contributed by atoms with E-state index in [0.717, 1.165) is 21.5 Å². The SMILES string of the molecule is CCOc1ccccc1-n1c(-c2ccccc2)cn2c3c(=O)n(C)c(=O)n(C)c3nc12. The lowest BCUT2D eigenvalue weighted by Gasteiger charge is -2.14. The van der Waals surface area contributed by atoms with Crippen LogP contribution in [0.15, 0.2) is 70.4 Å². The van der Waals surface area contributed by atoms with Crippen LogP contribution in [-0.4, -0.2) is 29.7 Å². The van der Waals surface area contributed by atoms with Gasteiger partial charge in [-0.05, 0) is 19.1 Å². The quantitative estimate of drug-likeness (QED) is 0.452. The van der Waals surface area contributed by atoms with Gasteiger partial charge in [0.15, 0.2) is 11.2 Å². The number of rotatable bonds is 4. The molecule has 3 aromatic heterocycles. The third-order valence-electron chi connectivity index (χ3n) is 5.44. The molecule has 5 rings (SSSR count). The molecule has 0 spiro atoms. The summed E-state index contributed by atoms with van der Waals surface area (Å²) in [6.07, 6.45) is 1.88. The number of para-hydroxylation sites is 2.